The summed E-state index contributed by atoms with van der Waals surface area (Å²) in [4.78, 5) is 10.1. The zero-order valence-corrected chi connectivity index (χ0v) is 7.27. The lowest BCUT2D eigenvalue weighted by molar-refractivity contribution is -0.131. The predicted molar refractivity (Wildman–Crippen MR) is 46.8 cm³/mol. The first-order valence-corrected chi connectivity index (χ1v) is 3.80. The van der Waals surface area contributed by atoms with Crippen molar-refractivity contribution in [1.82, 2.24) is 0 Å². The number of aliphatic hydroxyl groups is 1. The van der Waals surface area contributed by atoms with Crippen LogP contribution in [0.1, 0.15) is 13.8 Å². The first kappa shape index (κ1) is 10.9. The molecule has 2 atom stereocenters. The van der Waals surface area contributed by atoms with E-state index in [1.165, 1.54) is 6.08 Å². The lowest BCUT2D eigenvalue weighted by atomic mass is 10.0. The third kappa shape index (κ3) is 4.68. The van der Waals surface area contributed by atoms with Gasteiger partial charge in [-0.1, -0.05) is 25.2 Å². The molecule has 0 fully saturated rings. The highest BCUT2D eigenvalue weighted by molar-refractivity contribution is 5.79. The molecule has 0 amide bonds. The Morgan fingerprint density at radius 1 is 1.42 bits per heavy atom. The summed E-state index contributed by atoms with van der Waals surface area (Å²) in [6.45, 7) is 3.56. The fraction of sp³-hybridized carbons (Fsp3) is 0.444. The first-order valence-electron chi connectivity index (χ1n) is 3.80. The molecule has 2 N–H and O–H groups in total. The van der Waals surface area contributed by atoms with Gasteiger partial charge in [-0.2, -0.15) is 0 Å². The van der Waals surface area contributed by atoms with E-state index >= 15 is 0 Å². The molecule has 2 unspecified atom stereocenters. The average molecular weight is 170 g/mol. The summed E-state index contributed by atoms with van der Waals surface area (Å²) < 4.78 is 0. The number of allylic oxidation sites excluding steroid dienone is 1. The molecule has 3 nitrogen and oxygen atoms in total. The predicted octanol–water partition coefficient (Wildman–Crippen LogP) is 1.20. The maximum absolute atomic E-state index is 10.1. The molecule has 0 rings (SSSR count). The minimum Gasteiger partial charge on any atom is -0.478 e. The molecule has 12 heavy (non-hydrogen) atoms. The molecule has 0 saturated carbocycles. The molecule has 0 aromatic carbocycles. The van der Waals surface area contributed by atoms with Crippen molar-refractivity contribution in [2.24, 2.45) is 5.92 Å². The van der Waals surface area contributed by atoms with E-state index in [-0.39, 0.29) is 5.92 Å². The van der Waals surface area contributed by atoms with Gasteiger partial charge in [0, 0.05) is 12.0 Å². The zero-order valence-electron chi connectivity index (χ0n) is 7.27. The quantitative estimate of drug-likeness (QED) is 0.492. The Bertz CT molecular complexity index is 194. The van der Waals surface area contributed by atoms with Crippen LogP contribution in [-0.4, -0.2) is 22.3 Å². The van der Waals surface area contributed by atoms with Gasteiger partial charge in [0.1, 0.15) is 0 Å². The number of aliphatic hydroxyl groups excluding tert-OH is 1. The van der Waals surface area contributed by atoms with Gasteiger partial charge < -0.3 is 10.2 Å². The number of aliphatic carboxylic acids is 1. The van der Waals surface area contributed by atoms with Crippen molar-refractivity contribution in [1.29, 1.82) is 0 Å². The Hall–Kier alpha value is -1.09. The molecule has 0 aliphatic rings. The van der Waals surface area contributed by atoms with Gasteiger partial charge in [-0.25, -0.2) is 4.79 Å². The van der Waals surface area contributed by atoms with Crippen molar-refractivity contribution in [3.8, 4) is 0 Å². The summed E-state index contributed by atoms with van der Waals surface area (Å²) in [6.07, 6.45) is 5.25. The molecule has 0 aromatic heterocycles. The van der Waals surface area contributed by atoms with Crippen LogP contribution in [0.5, 0.6) is 0 Å². The van der Waals surface area contributed by atoms with Crippen LogP contribution in [0.15, 0.2) is 24.3 Å². The van der Waals surface area contributed by atoms with Crippen molar-refractivity contribution in [2.75, 3.05) is 0 Å². The molecule has 0 aromatic rings. The van der Waals surface area contributed by atoms with Gasteiger partial charge in [0.05, 0.1) is 6.10 Å². The van der Waals surface area contributed by atoms with Crippen LogP contribution in [0, 0.1) is 5.92 Å². The number of rotatable bonds is 4. The summed E-state index contributed by atoms with van der Waals surface area (Å²) in [6, 6.07) is 0. The van der Waals surface area contributed by atoms with Crippen LogP contribution in [0.3, 0.4) is 0 Å². The fourth-order valence-corrected chi connectivity index (χ4v) is 0.720. The molecule has 68 valence electrons. The SMILES string of the molecule is CC=CC(O)C(C)C=CC(=O)O. The van der Waals surface area contributed by atoms with Gasteiger partial charge in [-0.3, -0.25) is 0 Å². The van der Waals surface area contributed by atoms with E-state index in [1.54, 1.807) is 26.0 Å². The van der Waals surface area contributed by atoms with E-state index in [0.717, 1.165) is 6.08 Å². The van der Waals surface area contributed by atoms with E-state index in [2.05, 4.69) is 0 Å². The van der Waals surface area contributed by atoms with Gasteiger partial charge in [0.2, 0.25) is 0 Å². The second-order valence-electron chi connectivity index (χ2n) is 2.57. The maximum Gasteiger partial charge on any atom is 0.327 e. The highest BCUT2D eigenvalue weighted by atomic mass is 16.4. The number of carbonyl (C=O) groups is 1. The standard InChI is InChI=1S/C9H14O3/c1-3-4-8(10)7(2)5-6-9(11)12/h3-8,10H,1-2H3,(H,11,12). The highest BCUT2D eigenvalue weighted by Gasteiger charge is 2.06. The number of hydrogen-bond donors (Lipinski definition) is 2. The van der Waals surface area contributed by atoms with Crippen LogP contribution in [0.2, 0.25) is 0 Å². The average Bonchev–Trinajstić information content (AvgIpc) is 2.00. The molecular weight excluding hydrogens is 156 g/mol. The van der Waals surface area contributed by atoms with E-state index in [4.69, 9.17) is 5.11 Å². The number of carboxylic acid groups (broad SMARTS) is 1. The highest BCUT2D eigenvalue weighted by Crippen LogP contribution is 2.05. The van der Waals surface area contributed by atoms with Crippen molar-refractivity contribution in [3.05, 3.63) is 24.3 Å². The molecule has 0 saturated heterocycles. The summed E-state index contributed by atoms with van der Waals surface area (Å²) in [5, 5.41) is 17.6. The van der Waals surface area contributed by atoms with Gasteiger partial charge in [-0.05, 0) is 6.92 Å². The number of carboxylic acids is 1. The third-order valence-electron chi connectivity index (χ3n) is 1.47. The molecule has 0 radical (unpaired) electrons. The van der Waals surface area contributed by atoms with E-state index in [9.17, 15) is 9.90 Å². The minimum absolute atomic E-state index is 0.169. The lowest BCUT2D eigenvalue weighted by Crippen LogP contribution is -2.12. The Kier molecular flexibility index (Phi) is 5.04. The van der Waals surface area contributed by atoms with E-state index in [0.29, 0.717) is 0 Å². The van der Waals surface area contributed by atoms with Crippen molar-refractivity contribution in [3.63, 3.8) is 0 Å². The second-order valence-corrected chi connectivity index (χ2v) is 2.57. The van der Waals surface area contributed by atoms with Gasteiger partial charge in [0.15, 0.2) is 0 Å². The summed E-state index contributed by atoms with van der Waals surface area (Å²) in [5.41, 5.74) is 0. The molecule has 0 aliphatic carbocycles. The topological polar surface area (TPSA) is 57.5 Å². The molecule has 0 aliphatic heterocycles. The summed E-state index contributed by atoms with van der Waals surface area (Å²) >= 11 is 0. The van der Waals surface area contributed by atoms with Gasteiger partial charge in [-0.15, -0.1) is 0 Å². The molecular formula is C9H14O3. The van der Waals surface area contributed by atoms with E-state index in [1.807, 2.05) is 0 Å². The van der Waals surface area contributed by atoms with Crippen LogP contribution >= 0.6 is 0 Å². The Balaban J connectivity index is 4.02. The number of hydrogen-bond acceptors (Lipinski definition) is 2. The lowest BCUT2D eigenvalue weighted by Gasteiger charge is -2.09. The van der Waals surface area contributed by atoms with Crippen LogP contribution < -0.4 is 0 Å². The van der Waals surface area contributed by atoms with Gasteiger partial charge in [0.25, 0.3) is 0 Å². The smallest absolute Gasteiger partial charge is 0.327 e. The first-order chi connectivity index (χ1) is 5.57. The molecule has 0 spiro atoms. The Labute approximate surface area is 72.0 Å². The van der Waals surface area contributed by atoms with Crippen LogP contribution in [-0.2, 0) is 4.79 Å². The minimum atomic E-state index is -0.991. The maximum atomic E-state index is 10.1. The normalized spacial score (nSPS) is 16.9. The monoisotopic (exact) mass is 170 g/mol. The Morgan fingerprint density at radius 3 is 2.42 bits per heavy atom. The fourth-order valence-electron chi connectivity index (χ4n) is 0.720. The summed E-state index contributed by atoms with van der Waals surface area (Å²) in [5.74, 6) is -1.16. The van der Waals surface area contributed by atoms with Gasteiger partial charge >= 0.3 is 5.97 Å². The molecule has 3 heteroatoms. The third-order valence-corrected chi connectivity index (χ3v) is 1.47. The van der Waals surface area contributed by atoms with Crippen molar-refractivity contribution >= 4 is 5.97 Å². The zero-order chi connectivity index (χ0) is 9.56. The Morgan fingerprint density at radius 2 is 2.00 bits per heavy atom. The second kappa shape index (κ2) is 5.55. The van der Waals surface area contributed by atoms with Crippen LogP contribution in [0.25, 0.3) is 0 Å². The van der Waals surface area contributed by atoms with Crippen molar-refractivity contribution in [2.45, 2.75) is 20.0 Å². The summed E-state index contributed by atoms with van der Waals surface area (Å²) in [7, 11) is 0. The van der Waals surface area contributed by atoms with Crippen molar-refractivity contribution < 1.29 is 15.0 Å². The molecule has 0 bridgehead atoms. The van der Waals surface area contributed by atoms with Crippen LogP contribution in [0.4, 0.5) is 0 Å². The largest absolute Gasteiger partial charge is 0.478 e. The van der Waals surface area contributed by atoms with E-state index < -0.39 is 12.1 Å². The molecule has 0 heterocycles.